The number of methoxy groups -OCH3 is 1. The van der Waals surface area contributed by atoms with E-state index in [4.69, 9.17) is 9.72 Å². The lowest BCUT2D eigenvalue weighted by molar-refractivity contribution is 0.415. The van der Waals surface area contributed by atoms with Crippen molar-refractivity contribution in [2.75, 3.05) is 31.4 Å². The summed E-state index contributed by atoms with van der Waals surface area (Å²) in [6, 6.07) is 8.04. The molecule has 1 aliphatic rings. The van der Waals surface area contributed by atoms with Crippen molar-refractivity contribution in [3.05, 3.63) is 35.5 Å². The van der Waals surface area contributed by atoms with Gasteiger partial charge in [0.2, 0.25) is 5.95 Å². The van der Waals surface area contributed by atoms with Crippen LogP contribution in [0.3, 0.4) is 0 Å². The van der Waals surface area contributed by atoms with Gasteiger partial charge in [0.1, 0.15) is 11.6 Å². The second-order valence-corrected chi connectivity index (χ2v) is 5.51. The monoisotopic (exact) mass is 298 g/mol. The number of nitrogens with zero attached hydrogens (tertiary/aromatic N) is 3. The summed E-state index contributed by atoms with van der Waals surface area (Å²) in [5.41, 5.74) is 3.55. The molecule has 1 aliphatic carbocycles. The fraction of sp³-hybridized carbons (Fsp3) is 0.412. The quantitative estimate of drug-likeness (QED) is 0.939. The Bertz CT molecular complexity index is 654. The van der Waals surface area contributed by atoms with Crippen LogP contribution in [0.15, 0.2) is 24.3 Å². The molecule has 0 amide bonds. The predicted octanol–water partition coefficient (Wildman–Crippen LogP) is 3.17. The van der Waals surface area contributed by atoms with Crippen molar-refractivity contribution in [3.63, 3.8) is 0 Å². The summed E-state index contributed by atoms with van der Waals surface area (Å²) in [4.78, 5) is 11.5. The lowest BCUT2D eigenvalue weighted by Gasteiger charge is -2.25. The van der Waals surface area contributed by atoms with E-state index in [1.165, 1.54) is 24.1 Å². The van der Waals surface area contributed by atoms with Crippen LogP contribution in [-0.4, -0.2) is 31.2 Å². The second-order valence-electron chi connectivity index (χ2n) is 5.51. The standard InChI is InChI=1S/C17H22N4O/c1-18-17-19-15-7-5-4-6-14(15)16(20-17)21(2)12-8-10-13(22-3)11-9-12/h8-11H,4-7H2,1-3H3,(H,18,19,20). The summed E-state index contributed by atoms with van der Waals surface area (Å²) in [6.07, 6.45) is 4.50. The molecule has 0 radical (unpaired) electrons. The van der Waals surface area contributed by atoms with Crippen LogP contribution in [0, 0.1) is 0 Å². The van der Waals surface area contributed by atoms with Crippen molar-refractivity contribution in [1.82, 2.24) is 9.97 Å². The first kappa shape index (κ1) is 14.6. The maximum Gasteiger partial charge on any atom is 0.224 e. The zero-order valence-corrected chi connectivity index (χ0v) is 13.4. The normalized spacial score (nSPS) is 13.4. The van der Waals surface area contributed by atoms with Crippen LogP contribution in [0.2, 0.25) is 0 Å². The van der Waals surface area contributed by atoms with E-state index in [1.54, 1.807) is 7.11 Å². The first-order valence-corrected chi connectivity index (χ1v) is 7.68. The Hall–Kier alpha value is -2.30. The number of benzene rings is 1. The van der Waals surface area contributed by atoms with Gasteiger partial charge in [-0.05, 0) is 49.9 Å². The van der Waals surface area contributed by atoms with Gasteiger partial charge < -0.3 is 15.0 Å². The molecule has 0 spiro atoms. The van der Waals surface area contributed by atoms with Crippen molar-refractivity contribution in [2.24, 2.45) is 0 Å². The molecule has 22 heavy (non-hydrogen) atoms. The highest BCUT2D eigenvalue weighted by Gasteiger charge is 2.20. The minimum absolute atomic E-state index is 0.691. The number of nitrogens with one attached hydrogen (secondary N) is 1. The van der Waals surface area contributed by atoms with E-state index in [9.17, 15) is 0 Å². The number of anilines is 3. The molecular weight excluding hydrogens is 276 g/mol. The van der Waals surface area contributed by atoms with Crippen molar-refractivity contribution in [2.45, 2.75) is 25.7 Å². The van der Waals surface area contributed by atoms with E-state index in [-0.39, 0.29) is 0 Å². The molecule has 0 aliphatic heterocycles. The third-order valence-corrected chi connectivity index (χ3v) is 4.16. The van der Waals surface area contributed by atoms with Crippen LogP contribution in [0.5, 0.6) is 5.75 Å². The van der Waals surface area contributed by atoms with Crippen LogP contribution in [0.1, 0.15) is 24.1 Å². The van der Waals surface area contributed by atoms with Gasteiger partial charge in [-0.15, -0.1) is 0 Å². The minimum Gasteiger partial charge on any atom is -0.497 e. The van der Waals surface area contributed by atoms with E-state index < -0.39 is 0 Å². The molecule has 0 saturated carbocycles. The molecule has 1 aromatic carbocycles. The van der Waals surface area contributed by atoms with Gasteiger partial charge in [-0.2, -0.15) is 4.98 Å². The highest BCUT2D eigenvalue weighted by atomic mass is 16.5. The first-order chi connectivity index (χ1) is 10.7. The Morgan fingerprint density at radius 1 is 1.09 bits per heavy atom. The van der Waals surface area contributed by atoms with Crippen LogP contribution in [0.4, 0.5) is 17.5 Å². The summed E-state index contributed by atoms with van der Waals surface area (Å²) in [6.45, 7) is 0. The maximum absolute atomic E-state index is 5.23. The molecule has 5 heteroatoms. The van der Waals surface area contributed by atoms with Crippen molar-refractivity contribution >= 4 is 17.5 Å². The summed E-state index contributed by atoms with van der Waals surface area (Å²) in [5, 5.41) is 3.07. The molecule has 0 saturated heterocycles. The van der Waals surface area contributed by atoms with Gasteiger partial charge >= 0.3 is 0 Å². The Kier molecular flexibility index (Phi) is 4.13. The van der Waals surface area contributed by atoms with E-state index in [0.717, 1.165) is 30.1 Å². The summed E-state index contributed by atoms with van der Waals surface area (Å²) >= 11 is 0. The number of fused-ring (bicyclic) bond motifs is 1. The van der Waals surface area contributed by atoms with Gasteiger partial charge in [0.25, 0.3) is 0 Å². The van der Waals surface area contributed by atoms with Crippen molar-refractivity contribution in [3.8, 4) is 5.75 Å². The molecule has 1 N–H and O–H groups in total. The van der Waals surface area contributed by atoms with Crippen LogP contribution in [0.25, 0.3) is 0 Å². The third kappa shape index (κ3) is 2.71. The van der Waals surface area contributed by atoms with Crippen LogP contribution in [-0.2, 0) is 12.8 Å². The van der Waals surface area contributed by atoms with Crippen molar-refractivity contribution in [1.29, 1.82) is 0 Å². The van der Waals surface area contributed by atoms with Gasteiger partial charge in [-0.3, -0.25) is 0 Å². The number of aryl methyl sites for hydroxylation is 1. The molecule has 3 rings (SSSR count). The Labute approximate surface area is 131 Å². The molecule has 2 aromatic rings. The topological polar surface area (TPSA) is 50.3 Å². The number of rotatable bonds is 4. The molecule has 116 valence electrons. The zero-order valence-electron chi connectivity index (χ0n) is 13.4. The van der Waals surface area contributed by atoms with E-state index in [1.807, 2.05) is 19.2 Å². The predicted molar refractivity (Wildman–Crippen MR) is 89.3 cm³/mol. The Morgan fingerprint density at radius 3 is 2.50 bits per heavy atom. The first-order valence-electron chi connectivity index (χ1n) is 7.68. The van der Waals surface area contributed by atoms with E-state index >= 15 is 0 Å². The average Bonchev–Trinajstić information content (AvgIpc) is 2.60. The van der Waals surface area contributed by atoms with Gasteiger partial charge in [0.05, 0.1) is 12.8 Å². The lowest BCUT2D eigenvalue weighted by Crippen LogP contribution is -2.19. The maximum atomic E-state index is 5.23. The molecule has 0 bridgehead atoms. The number of ether oxygens (including phenoxy) is 1. The number of hydrogen-bond acceptors (Lipinski definition) is 5. The summed E-state index contributed by atoms with van der Waals surface area (Å²) in [7, 11) is 5.60. The molecule has 1 aromatic heterocycles. The fourth-order valence-electron chi connectivity index (χ4n) is 2.89. The Balaban J connectivity index is 2.01. The fourth-order valence-corrected chi connectivity index (χ4v) is 2.89. The SMILES string of the molecule is CNc1nc2c(c(N(C)c3ccc(OC)cc3)n1)CCCC2. The highest BCUT2D eigenvalue weighted by Crippen LogP contribution is 2.32. The van der Waals surface area contributed by atoms with Gasteiger partial charge in [0.15, 0.2) is 0 Å². The average molecular weight is 298 g/mol. The second kappa shape index (κ2) is 6.22. The minimum atomic E-state index is 0.691. The molecular formula is C17H22N4O. The third-order valence-electron chi connectivity index (χ3n) is 4.16. The van der Waals surface area contributed by atoms with Crippen LogP contribution < -0.4 is 15.0 Å². The smallest absolute Gasteiger partial charge is 0.224 e. The molecule has 0 fully saturated rings. The summed E-state index contributed by atoms with van der Waals surface area (Å²) < 4.78 is 5.23. The number of aromatic nitrogens is 2. The van der Waals surface area contributed by atoms with E-state index in [2.05, 4.69) is 34.4 Å². The highest BCUT2D eigenvalue weighted by molar-refractivity contribution is 5.65. The zero-order chi connectivity index (χ0) is 15.5. The number of hydrogen-bond donors (Lipinski definition) is 1. The van der Waals surface area contributed by atoms with Crippen molar-refractivity contribution < 1.29 is 4.74 Å². The molecule has 0 unspecified atom stereocenters. The van der Waals surface area contributed by atoms with Crippen LogP contribution >= 0.6 is 0 Å². The largest absolute Gasteiger partial charge is 0.497 e. The molecule has 1 heterocycles. The molecule has 0 atom stereocenters. The van der Waals surface area contributed by atoms with Gasteiger partial charge in [-0.25, -0.2) is 4.98 Å². The van der Waals surface area contributed by atoms with Gasteiger partial charge in [0, 0.05) is 25.3 Å². The lowest BCUT2D eigenvalue weighted by atomic mass is 9.96. The van der Waals surface area contributed by atoms with E-state index in [0.29, 0.717) is 5.95 Å². The summed E-state index contributed by atoms with van der Waals surface area (Å²) in [5.74, 6) is 2.55. The van der Waals surface area contributed by atoms with Gasteiger partial charge in [-0.1, -0.05) is 0 Å². The molecule has 5 nitrogen and oxygen atoms in total. The Morgan fingerprint density at radius 2 is 1.82 bits per heavy atom.